The number of nitrogens with one attached hydrogen (secondary N) is 1. The first-order chi connectivity index (χ1) is 9.69. The SMILES string of the molecule is N#CC(Cc1ccccc1)C(=O)Nc1cccc(Br)c1. The Morgan fingerprint density at radius 1 is 1.20 bits per heavy atom. The Kier molecular flexibility index (Phi) is 4.91. The van der Waals surface area contributed by atoms with Gasteiger partial charge in [-0.25, -0.2) is 0 Å². The second-order valence-electron chi connectivity index (χ2n) is 4.37. The maximum absolute atomic E-state index is 12.1. The van der Waals surface area contributed by atoms with Crippen LogP contribution in [0, 0.1) is 17.2 Å². The first-order valence-corrected chi connectivity index (χ1v) is 6.98. The molecule has 0 aromatic heterocycles. The topological polar surface area (TPSA) is 52.9 Å². The summed E-state index contributed by atoms with van der Waals surface area (Å²) in [5.41, 5.74) is 1.65. The van der Waals surface area contributed by atoms with Gasteiger partial charge in [-0.1, -0.05) is 52.3 Å². The van der Waals surface area contributed by atoms with E-state index in [1.165, 1.54) is 0 Å². The Balaban J connectivity index is 2.05. The van der Waals surface area contributed by atoms with Crippen molar-refractivity contribution >= 4 is 27.5 Å². The number of hydrogen-bond donors (Lipinski definition) is 1. The monoisotopic (exact) mass is 328 g/mol. The van der Waals surface area contributed by atoms with E-state index >= 15 is 0 Å². The number of halogens is 1. The van der Waals surface area contributed by atoms with Crippen LogP contribution in [0.1, 0.15) is 5.56 Å². The van der Waals surface area contributed by atoms with Gasteiger partial charge < -0.3 is 5.32 Å². The van der Waals surface area contributed by atoms with Crippen molar-refractivity contribution in [3.8, 4) is 6.07 Å². The Labute approximate surface area is 126 Å². The van der Waals surface area contributed by atoms with E-state index in [-0.39, 0.29) is 5.91 Å². The molecule has 3 nitrogen and oxygen atoms in total. The largest absolute Gasteiger partial charge is 0.325 e. The molecule has 4 heteroatoms. The van der Waals surface area contributed by atoms with E-state index in [2.05, 4.69) is 27.3 Å². The molecule has 2 aromatic rings. The van der Waals surface area contributed by atoms with E-state index in [4.69, 9.17) is 0 Å². The number of nitriles is 1. The van der Waals surface area contributed by atoms with Gasteiger partial charge in [0, 0.05) is 10.2 Å². The summed E-state index contributed by atoms with van der Waals surface area (Å²) < 4.78 is 0.881. The number of benzene rings is 2. The molecule has 0 saturated heterocycles. The van der Waals surface area contributed by atoms with Crippen LogP contribution < -0.4 is 5.32 Å². The average Bonchev–Trinajstić information content (AvgIpc) is 2.45. The summed E-state index contributed by atoms with van der Waals surface area (Å²) in [6.07, 6.45) is 0.414. The normalized spacial score (nSPS) is 11.4. The van der Waals surface area contributed by atoms with Crippen LogP contribution in [0.5, 0.6) is 0 Å². The highest BCUT2D eigenvalue weighted by Gasteiger charge is 2.18. The van der Waals surface area contributed by atoms with Gasteiger partial charge in [0.2, 0.25) is 5.91 Å². The number of rotatable bonds is 4. The standard InChI is InChI=1S/C16H13BrN2O/c17-14-7-4-8-15(10-14)19-16(20)13(11-18)9-12-5-2-1-3-6-12/h1-8,10,13H,9H2,(H,19,20). The Morgan fingerprint density at radius 3 is 2.60 bits per heavy atom. The van der Waals surface area contributed by atoms with Gasteiger partial charge in [0.1, 0.15) is 5.92 Å². The lowest BCUT2D eigenvalue weighted by Gasteiger charge is -2.10. The van der Waals surface area contributed by atoms with Gasteiger partial charge in [-0.3, -0.25) is 4.79 Å². The number of hydrogen-bond acceptors (Lipinski definition) is 2. The average molecular weight is 329 g/mol. The molecule has 1 N–H and O–H groups in total. The van der Waals surface area contributed by atoms with E-state index in [0.29, 0.717) is 12.1 Å². The number of nitrogens with zero attached hydrogens (tertiary/aromatic N) is 1. The summed E-state index contributed by atoms with van der Waals surface area (Å²) in [6, 6.07) is 18.9. The molecular formula is C16H13BrN2O. The summed E-state index contributed by atoms with van der Waals surface area (Å²) in [4.78, 5) is 12.1. The molecule has 0 aliphatic heterocycles. The molecule has 0 fully saturated rings. The number of carbonyl (C=O) groups excluding carboxylic acids is 1. The van der Waals surface area contributed by atoms with Gasteiger partial charge in [0.25, 0.3) is 0 Å². The minimum Gasteiger partial charge on any atom is -0.325 e. The predicted molar refractivity (Wildman–Crippen MR) is 82.0 cm³/mol. The fraction of sp³-hybridized carbons (Fsp3) is 0.125. The van der Waals surface area contributed by atoms with Crippen molar-refractivity contribution in [1.82, 2.24) is 0 Å². The van der Waals surface area contributed by atoms with Gasteiger partial charge in [0.05, 0.1) is 6.07 Å². The zero-order chi connectivity index (χ0) is 14.4. The van der Waals surface area contributed by atoms with Gasteiger partial charge in [-0.05, 0) is 30.2 Å². The molecule has 0 aliphatic carbocycles. The molecule has 1 atom stereocenters. The van der Waals surface area contributed by atoms with Crippen molar-refractivity contribution in [1.29, 1.82) is 5.26 Å². The lowest BCUT2D eigenvalue weighted by Crippen LogP contribution is -2.23. The second kappa shape index (κ2) is 6.88. The third-order valence-electron chi connectivity index (χ3n) is 2.85. The number of anilines is 1. The van der Waals surface area contributed by atoms with Crippen molar-refractivity contribution in [3.63, 3.8) is 0 Å². The lowest BCUT2D eigenvalue weighted by atomic mass is 10.00. The third kappa shape index (κ3) is 3.94. The van der Waals surface area contributed by atoms with Crippen molar-refractivity contribution in [3.05, 3.63) is 64.6 Å². The zero-order valence-electron chi connectivity index (χ0n) is 10.7. The van der Waals surface area contributed by atoms with Crippen molar-refractivity contribution in [2.24, 2.45) is 5.92 Å². The molecule has 0 aliphatic rings. The molecule has 100 valence electrons. The molecule has 0 radical (unpaired) electrons. The van der Waals surface area contributed by atoms with Gasteiger partial charge >= 0.3 is 0 Å². The van der Waals surface area contributed by atoms with Crippen LogP contribution in [0.25, 0.3) is 0 Å². The third-order valence-corrected chi connectivity index (χ3v) is 3.34. The first kappa shape index (κ1) is 14.3. The van der Waals surface area contributed by atoms with Crippen molar-refractivity contribution in [2.45, 2.75) is 6.42 Å². The molecule has 1 amide bonds. The smallest absolute Gasteiger partial charge is 0.242 e. The Hall–Kier alpha value is -2.12. The molecule has 0 heterocycles. The van der Waals surface area contributed by atoms with Crippen LogP contribution in [0.15, 0.2) is 59.1 Å². The van der Waals surface area contributed by atoms with Crippen LogP contribution in [-0.4, -0.2) is 5.91 Å². The number of amides is 1. The molecule has 20 heavy (non-hydrogen) atoms. The van der Waals surface area contributed by atoms with Crippen LogP contribution in [0.3, 0.4) is 0 Å². The minimum atomic E-state index is -0.698. The quantitative estimate of drug-likeness (QED) is 0.928. The Morgan fingerprint density at radius 2 is 1.95 bits per heavy atom. The van der Waals surface area contributed by atoms with Crippen molar-refractivity contribution in [2.75, 3.05) is 5.32 Å². The van der Waals surface area contributed by atoms with E-state index in [1.807, 2.05) is 42.5 Å². The van der Waals surface area contributed by atoms with Crippen LogP contribution in [-0.2, 0) is 11.2 Å². The van der Waals surface area contributed by atoms with Gasteiger partial charge in [-0.2, -0.15) is 5.26 Å². The Bertz CT molecular complexity index is 634. The molecule has 0 saturated carbocycles. The van der Waals surface area contributed by atoms with Crippen LogP contribution in [0.2, 0.25) is 0 Å². The molecule has 0 spiro atoms. The summed E-state index contributed by atoms with van der Waals surface area (Å²) in [7, 11) is 0. The molecule has 1 unspecified atom stereocenters. The maximum atomic E-state index is 12.1. The maximum Gasteiger partial charge on any atom is 0.242 e. The summed E-state index contributed by atoms with van der Waals surface area (Å²) in [5, 5.41) is 11.9. The van der Waals surface area contributed by atoms with Gasteiger partial charge in [0.15, 0.2) is 0 Å². The van der Waals surface area contributed by atoms with E-state index in [9.17, 15) is 10.1 Å². The van der Waals surface area contributed by atoms with Crippen molar-refractivity contribution < 1.29 is 4.79 Å². The van der Waals surface area contributed by atoms with E-state index < -0.39 is 5.92 Å². The van der Waals surface area contributed by atoms with E-state index in [0.717, 1.165) is 10.0 Å². The second-order valence-corrected chi connectivity index (χ2v) is 5.29. The van der Waals surface area contributed by atoms with Crippen LogP contribution in [0.4, 0.5) is 5.69 Å². The predicted octanol–water partition coefficient (Wildman–Crippen LogP) is 3.77. The number of carbonyl (C=O) groups is 1. The zero-order valence-corrected chi connectivity index (χ0v) is 12.3. The summed E-state index contributed by atoms with van der Waals surface area (Å²) >= 11 is 3.34. The molecule has 2 aromatic carbocycles. The molecule has 0 bridgehead atoms. The fourth-order valence-corrected chi connectivity index (χ4v) is 2.24. The van der Waals surface area contributed by atoms with Crippen LogP contribution >= 0.6 is 15.9 Å². The molecular weight excluding hydrogens is 316 g/mol. The summed E-state index contributed by atoms with van der Waals surface area (Å²) in [6.45, 7) is 0. The minimum absolute atomic E-state index is 0.283. The highest BCUT2D eigenvalue weighted by atomic mass is 79.9. The van der Waals surface area contributed by atoms with Gasteiger partial charge in [-0.15, -0.1) is 0 Å². The summed E-state index contributed by atoms with van der Waals surface area (Å²) in [5.74, 6) is -0.981. The fourth-order valence-electron chi connectivity index (χ4n) is 1.84. The lowest BCUT2D eigenvalue weighted by molar-refractivity contribution is -0.118. The first-order valence-electron chi connectivity index (χ1n) is 6.19. The van der Waals surface area contributed by atoms with E-state index in [1.54, 1.807) is 12.1 Å². The molecule has 2 rings (SSSR count). The highest BCUT2D eigenvalue weighted by Crippen LogP contribution is 2.17. The highest BCUT2D eigenvalue weighted by molar-refractivity contribution is 9.10.